The van der Waals surface area contributed by atoms with Gasteiger partial charge in [-0.25, -0.2) is 9.97 Å². The first-order valence-electron chi connectivity index (χ1n) is 7.93. The Bertz CT molecular complexity index is 596. The number of anilines is 1. The lowest BCUT2D eigenvalue weighted by Crippen LogP contribution is -2.03. The highest BCUT2D eigenvalue weighted by Crippen LogP contribution is 2.47. The monoisotopic (exact) mass is 285 g/mol. The molecule has 0 bridgehead atoms. The highest BCUT2D eigenvalue weighted by molar-refractivity contribution is 5.52. The van der Waals surface area contributed by atoms with E-state index in [0.717, 1.165) is 48.3 Å². The summed E-state index contributed by atoms with van der Waals surface area (Å²) in [6.45, 7) is 7.34. The van der Waals surface area contributed by atoms with Gasteiger partial charge in [0, 0.05) is 24.2 Å². The second-order valence-electron chi connectivity index (χ2n) is 5.87. The van der Waals surface area contributed by atoms with E-state index in [1.54, 1.807) is 0 Å². The number of nitrogens with zero attached hydrogens (tertiary/aromatic N) is 2. The number of nitrogens with one attached hydrogen (secondary N) is 1. The first-order chi connectivity index (χ1) is 10.2. The van der Waals surface area contributed by atoms with Crippen LogP contribution in [0.5, 0.6) is 0 Å². The van der Waals surface area contributed by atoms with Gasteiger partial charge in [0.25, 0.3) is 0 Å². The lowest BCUT2D eigenvalue weighted by atomic mass is 10.2. The molecule has 0 spiro atoms. The molecule has 1 N–H and O–H groups in total. The average molecular weight is 285 g/mol. The van der Waals surface area contributed by atoms with Crippen LogP contribution in [-0.2, 0) is 6.42 Å². The van der Waals surface area contributed by atoms with Crippen LogP contribution >= 0.6 is 0 Å². The minimum atomic E-state index is 0.589. The molecule has 0 saturated heterocycles. The van der Waals surface area contributed by atoms with Crippen molar-refractivity contribution >= 4 is 5.82 Å². The fourth-order valence-corrected chi connectivity index (χ4v) is 2.65. The van der Waals surface area contributed by atoms with Crippen LogP contribution in [0.25, 0.3) is 11.6 Å². The van der Waals surface area contributed by atoms with Gasteiger partial charge >= 0.3 is 0 Å². The van der Waals surface area contributed by atoms with E-state index in [-0.39, 0.29) is 0 Å². The third-order valence-corrected chi connectivity index (χ3v) is 3.97. The van der Waals surface area contributed by atoms with Crippen LogP contribution in [0.2, 0.25) is 0 Å². The van der Waals surface area contributed by atoms with E-state index >= 15 is 0 Å². The minimum Gasteiger partial charge on any atom is -0.457 e. The van der Waals surface area contributed by atoms with Gasteiger partial charge in [-0.1, -0.05) is 20.3 Å². The van der Waals surface area contributed by atoms with Crippen LogP contribution in [0.15, 0.2) is 22.6 Å². The van der Waals surface area contributed by atoms with Gasteiger partial charge in [0.05, 0.1) is 0 Å². The fraction of sp³-hybridized carbons (Fsp3) is 0.529. The number of aryl methyl sites for hydroxylation is 1. The Morgan fingerprint density at radius 3 is 2.76 bits per heavy atom. The Balaban J connectivity index is 1.90. The molecule has 1 fully saturated rings. The molecule has 0 aromatic carbocycles. The number of hydrogen-bond acceptors (Lipinski definition) is 4. The molecule has 112 valence electrons. The van der Waals surface area contributed by atoms with Gasteiger partial charge in [0.2, 0.25) is 0 Å². The molecule has 3 rings (SSSR count). The van der Waals surface area contributed by atoms with Crippen LogP contribution in [-0.4, -0.2) is 16.5 Å². The lowest BCUT2D eigenvalue weighted by molar-refractivity contribution is 0.514. The summed E-state index contributed by atoms with van der Waals surface area (Å²) < 4.78 is 5.98. The SMILES string of the molecule is CCCc1cc(NCC)nc(-c2ccc(C3CC3C)o2)n1. The van der Waals surface area contributed by atoms with E-state index < -0.39 is 0 Å². The molecule has 2 aromatic heterocycles. The highest BCUT2D eigenvalue weighted by atomic mass is 16.3. The van der Waals surface area contributed by atoms with Gasteiger partial charge in [-0.3, -0.25) is 0 Å². The van der Waals surface area contributed by atoms with Gasteiger partial charge in [-0.2, -0.15) is 0 Å². The van der Waals surface area contributed by atoms with E-state index in [1.807, 2.05) is 12.1 Å². The molecule has 2 aromatic rings. The van der Waals surface area contributed by atoms with Crippen LogP contribution in [0.3, 0.4) is 0 Å². The van der Waals surface area contributed by atoms with Crippen molar-refractivity contribution in [2.45, 2.75) is 46.0 Å². The number of aromatic nitrogens is 2. The Morgan fingerprint density at radius 1 is 1.29 bits per heavy atom. The predicted molar refractivity (Wildman–Crippen MR) is 84.4 cm³/mol. The molecule has 2 heterocycles. The maximum atomic E-state index is 5.98. The Morgan fingerprint density at radius 2 is 2.10 bits per heavy atom. The normalized spacial score (nSPS) is 20.5. The van der Waals surface area contributed by atoms with Crippen LogP contribution in [0.1, 0.15) is 51.0 Å². The van der Waals surface area contributed by atoms with Crippen LogP contribution < -0.4 is 5.32 Å². The third-order valence-electron chi connectivity index (χ3n) is 3.97. The van der Waals surface area contributed by atoms with Crippen molar-refractivity contribution in [3.05, 3.63) is 29.7 Å². The second kappa shape index (κ2) is 5.88. The van der Waals surface area contributed by atoms with Crippen molar-refractivity contribution in [3.63, 3.8) is 0 Å². The summed E-state index contributed by atoms with van der Waals surface area (Å²) in [6, 6.07) is 6.11. The standard InChI is InChI=1S/C17H23N3O/c1-4-6-12-10-16(18-5-2)20-17(19-12)15-8-7-14(21-15)13-9-11(13)3/h7-8,10-11,13H,4-6,9H2,1-3H3,(H,18,19,20). The van der Waals surface area contributed by atoms with Gasteiger partial charge in [0.1, 0.15) is 11.6 Å². The number of furan rings is 1. The molecule has 1 aliphatic carbocycles. The van der Waals surface area contributed by atoms with Crippen LogP contribution in [0.4, 0.5) is 5.82 Å². The summed E-state index contributed by atoms with van der Waals surface area (Å²) in [6.07, 6.45) is 3.26. The molecule has 2 unspecified atom stereocenters. The summed E-state index contributed by atoms with van der Waals surface area (Å²) >= 11 is 0. The average Bonchev–Trinajstić information content (AvgIpc) is 3.01. The zero-order chi connectivity index (χ0) is 14.8. The van der Waals surface area contributed by atoms with E-state index in [9.17, 15) is 0 Å². The molecular formula is C17H23N3O. The third kappa shape index (κ3) is 3.09. The van der Waals surface area contributed by atoms with Crippen molar-refractivity contribution in [1.82, 2.24) is 9.97 Å². The largest absolute Gasteiger partial charge is 0.457 e. The summed E-state index contributed by atoms with van der Waals surface area (Å²) in [7, 11) is 0. The van der Waals surface area contributed by atoms with Gasteiger partial charge < -0.3 is 9.73 Å². The summed E-state index contributed by atoms with van der Waals surface area (Å²) in [5, 5.41) is 3.27. The lowest BCUT2D eigenvalue weighted by Gasteiger charge is -2.07. The van der Waals surface area contributed by atoms with Crippen molar-refractivity contribution in [2.24, 2.45) is 5.92 Å². The molecule has 1 saturated carbocycles. The van der Waals surface area contributed by atoms with E-state index in [4.69, 9.17) is 4.42 Å². The molecule has 21 heavy (non-hydrogen) atoms. The Hall–Kier alpha value is -1.84. The molecule has 1 aliphatic rings. The second-order valence-corrected chi connectivity index (χ2v) is 5.87. The molecule has 0 aliphatic heterocycles. The highest BCUT2D eigenvalue weighted by Gasteiger charge is 2.36. The smallest absolute Gasteiger partial charge is 0.197 e. The van der Waals surface area contributed by atoms with Crippen molar-refractivity contribution in [3.8, 4) is 11.6 Å². The summed E-state index contributed by atoms with van der Waals surface area (Å²) in [5.41, 5.74) is 1.07. The first-order valence-corrected chi connectivity index (χ1v) is 7.93. The summed E-state index contributed by atoms with van der Waals surface area (Å²) in [5.74, 6) is 4.76. The zero-order valence-corrected chi connectivity index (χ0v) is 13.0. The topological polar surface area (TPSA) is 51.0 Å². The van der Waals surface area contributed by atoms with Gasteiger partial charge in [-0.15, -0.1) is 0 Å². The van der Waals surface area contributed by atoms with Crippen LogP contribution in [0, 0.1) is 5.92 Å². The van der Waals surface area contributed by atoms with E-state index in [0.29, 0.717) is 11.7 Å². The minimum absolute atomic E-state index is 0.589. The molecular weight excluding hydrogens is 262 g/mol. The molecule has 4 nitrogen and oxygen atoms in total. The summed E-state index contributed by atoms with van der Waals surface area (Å²) in [4.78, 5) is 9.21. The maximum Gasteiger partial charge on any atom is 0.197 e. The van der Waals surface area contributed by atoms with E-state index in [1.165, 1.54) is 6.42 Å². The molecule has 0 radical (unpaired) electrons. The maximum absolute atomic E-state index is 5.98. The number of hydrogen-bond donors (Lipinski definition) is 1. The Labute approximate surface area is 126 Å². The quantitative estimate of drug-likeness (QED) is 0.862. The number of rotatable bonds is 6. The zero-order valence-electron chi connectivity index (χ0n) is 13.0. The Kier molecular flexibility index (Phi) is 3.95. The first kappa shape index (κ1) is 14.1. The van der Waals surface area contributed by atoms with E-state index in [2.05, 4.69) is 42.1 Å². The van der Waals surface area contributed by atoms with Gasteiger partial charge in [-0.05, 0) is 37.8 Å². The fourth-order valence-electron chi connectivity index (χ4n) is 2.65. The van der Waals surface area contributed by atoms with Crippen molar-refractivity contribution in [1.29, 1.82) is 0 Å². The van der Waals surface area contributed by atoms with Gasteiger partial charge in [0.15, 0.2) is 11.6 Å². The molecule has 2 atom stereocenters. The molecule has 4 heteroatoms. The van der Waals surface area contributed by atoms with Crippen molar-refractivity contribution < 1.29 is 4.42 Å². The predicted octanol–water partition coefficient (Wildman–Crippen LogP) is 4.24. The molecule has 0 amide bonds. The van der Waals surface area contributed by atoms with Crippen molar-refractivity contribution in [2.75, 3.05) is 11.9 Å².